The molecule has 0 aromatic carbocycles. The summed E-state index contributed by atoms with van der Waals surface area (Å²) in [6.45, 7) is 5.36. The SMILES string of the molecule is C[C@@H](c1nnc(-c2cccs2)o1)N1CCC2(CC1)OCCO2. The van der Waals surface area contributed by atoms with E-state index in [-0.39, 0.29) is 11.8 Å². The van der Waals surface area contributed by atoms with E-state index in [2.05, 4.69) is 22.0 Å². The molecule has 1 spiro atoms. The van der Waals surface area contributed by atoms with Gasteiger partial charge in [-0.1, -0.05) is 6.07 Å². The molecule has 22 heavy (non-hydrogen) atoms. The van der Waals surface area contributed by atoms with Gasteiger partial charge in [0.25, 0.3) is 5.89 Å². The quantitative estimate of drug-likeness (QED) is 0.866. The number of nitrogens with zero attached hydrogens (tertiary/aromatic N) is 3. The number of aromatic nitrogens is 2. The number of likely N-dealkylation sites (tertiary alicyclic amines) is 1. The van der Waals surface area contributed by atoms with Crippen LogP contribution in [0.25, 0.3) is 10.8 Å². The first kappa shape index (κ1) is 14.3. The molecule has 2 aliphatic rings. The maximum atomic E-state index is 5.84. The van der Waals surface area contributed by atoms with Crippen LogP contribution in [-0.2, 0) is 9.47 Å². The Balaban J connectivity index is 1.43. The van der Waals surface area contributed by atoms with Gasteiger partial charge in [-0.2, -0.15) is 0 Å². The fourth-order valence-corrected chi connectivity index (χ4v) is 3.74. The fourth-order valence-electron chi connectivity index (χ4n) is 3.10. The Bertz CT molecular complexity index is 612. The third-order valence-electron chi connectivity index (χ3n) is 4.45. The molecule has 6 nitrogen and oxygen atoms in total. The number of piperidine rings is 1. The van der Waals surface area contributed by atoms with Crippen LogP contribution in [-0.4, -0.2) is 47.2 Å². The normalized spacial score (nSPS) is 23.1. The number of hydrogen-bond donors (Lipinski definition) is 0. The highest BCUT2D eigenvalue weighted by molar-refractivity contribution is 7.13. The van der Waals surface area contributed by atoms with Crippen LogP contribution in [0.3, 0.4) is 0 Å². The molecular weight excluding hydrogens is 302 g/mol. The zero-order valence-corrected chi connectivity index (χ0v) is 13.3. The van der Waals surface area contributed by atoms with Gasteiger partial charge in [0.05, 0.1) is 24.1 Å². The summed E-state index contributed by atoms with van der Waals surface area (Å²) in [5, 5.41) is 10.4. The first-order chi connectivity index (χ1) is 10.8. The van der Waals surface area contributed by atoms with Crippen LogP contribution in [0.5, 0.6) is 0 Å². The fraction of sp³-hybridized carbons (Fsp3) is 0.600. The van der Waals surface area contributed by atoms with E-state index in [1.165, 1.54) is 0 Å². The third-order valence-corrected chi connectivity index (χ3v) is 5.31. The molecule has 4 heterocycles. The van der Waals surface area contributed by atoms with Crippen LogP contribution in [0.4, 0.5) is 0 Å². The van der Waals surface area contributed by atoms with Crippen LogP contribution in [0, 0.1) is 0 Å². The number of hydrogen-bond acceptors (Lipinski definition) is 7. The largest absolute Gasteiger partial charge is 0.418 e. The molecule has 0 radical (unpaired) electrons. The van der Waals surface area contributed by atoms with Gasteiger partial charge in [0.15, 0.2) is 5.79 Å². The minimum Gasteiger partial charge on any atom is -0.418 e. The van der Waals surface area contributed by atoms with Gasteiger partial charge in [-0.05, 0) is 18.4 Å². The predicted molar refractivity (Wildman–Crippen MR) is 81.5 cm³/mol. The molecule has 0 bridgehead atoms. The summed E-state index contributed by atoms with van der Waals surface area (Å²) in [6.07, 6.45) is 1.78. The summed E-state index contributed by atoms with van der Waals surface area (Å²) in [5.41, 5.74) is 0. The summed E-state index contributed by atoms with van der Waals surface area (Å²) in [7, 11) is 0. The van der Waals surface area contributed by atoms with Crippen LogP contribution in [0.1, 0.15) is 31.7 Å². The average Bonchev–Trinajstić information content (AvgIpc) is 3.29. The molecular formula is C15H19N3O3S. The monoisotopic (exact) mass is 321 g/mol. The van der Waals surface area contributed by atoms with Crippen molar-refractivity contribution in [2.24, 2.45) is 0 Å². The lowest BCUT2D eigenvalue weighted by Gasteiger charge is -2.39. The lowest BCUT2D eigenvalue weighted by Crippen LogP contribution is -2.45. The van der Waals surface area contributed by atoms with Crippen LogP contribution in [0.15, 0.2) is 21.9 Å². The van der Waals surface area contributed by atoms with Gasteiger partial charge in [0.1, 0.15) is 0 Å². The summed E-state index contributed by atoms with van der Waals surface area (Å²) < 4.78 is 17.4. The van der Waals surface area contributed by atoms with Crippen LogP contribution >= 0.6 is 11.3 Å². The first-order valence-electron chi connectivity index (χ1n) is 7.65. The van der Waals surface area contributed by atoms with Gasteiger partial charge < -0.3 is 13.9 Å². The van der Waals surface area contributed by atoms with Crippen molar-refractivity contribution in [2.45, 2.75) is 31.6 Å². The van der Waals surface area contributed by atoms with Gasteiger partial charge in [-0.25, -0.2) is 0 Å². The standard InChI is InChI=1S/C15H19N3O3S/c1-11(13-16-17-14(21-13)12-3-2-10-22-12)18-6-4-15(5-7-18)19-8-9-20-15/h2-3,10-11H,4-9H2,1H3/t11-/m0/s1. The summed E-state index contributed by atoms with van der Waals surface area (Å²) in [4.78, 5) is 3.36. The average molecular weight is 321 g/mol. The van der Waals surface area contributed by atoms with Gasteiger partial charge in [0, 0.05) is 25.9 Å². The molecule has 0 N–H and O–H groups in total. The molecule has 1 atom stereocenters. The highest BCUT2D eigenvalue weighted by atomic mass is 32.1. The van der Waals surface area contributed by atoms with E-state index in [0.29, 0.717) is 25.0 Å². The smallest absolute Gasteiger partial charge is 0.257 e. The Labute approximate surface area is 133 Å². The summed E-state index contributed by atoms with van der Waals surface area (Å²) in [6, 6.07) is 4.09. The minimum atomic E-state index is -0.340. The van der Waals surface area contributed by atoms with Crippen LogP contribution in [0.2, 0.25) is 0 Å². The Morgan fingerprint density at radius 2 is 2.00 bits per heavy atom. The second-order valence-electron chi connectivity index (χ2n) is 5.74. The Kier molecular flexibility index (Phi) is 3.73. The van der Waals surface area contributed by atoms with Crippen LogP contribution < -0.4 is 0 Å². The second-order valence-corrected chi connectivity index (χ2v) is 6.69. The van der Waals surface area contributed by atoms with E-state index in [1.54, 1.807) is 11.3 Å². The number of thiophene rings is 1. The first-order valence-corrected chi connectivity index (χ1v) is 8.53. The molecule has 7 heteroatoms. The zero-order chi connectivity index (χ0) is 15.0. The van der Waals surface area contributed by atoms with Crippen molar-refractivity contribution >= 4 is 11.3 Å². The van der Waals surface area contributed by atoms with E-state index in [0.717, 1.165) is 30.8 Å². The van der Waals surface area contributed by atoms with Crippen molar-refractivity contribution < 1.29 is 13.9 Å². The Morgan fingerprint density at radius 3 is 2.68 bits per heavy atom. The van der Waals surface area contributed by atoms with E-state index < -0.39 is 0 Å². The number of ether oxygens (including phenoxy) is 2. The topological polar surface area (TPSA) is 60.6 Å². The van der Waals surface area contributed by atoms with E-state index in [4.69, 9.17) is 13.9 Å². The zero-order valence-electron chi connectivity index (χ0n) is 12.5. The predicted octanol–water partition coefficient (Wildman–Crippen LogP) is 2.70. The molecule has 0 unspecified atom stereocenters. The molecule has 2 saturated heterocycles. The van der Waals surface area contributed by atoms with Gasteiger partial charge >= 0.3 is 0 Å². The van der Waals surface area contributed by atoms with Crippen molar-refractivity contribution in [3.8, 4) is 10.8 Å². The maximum Gasteiger partial charge on any atom is 0.257 e. The summed E-state index contributed by atoms with van der Waals surface area (Å²) >= 11 is 1.61. The molecule has 2 aliphatic heterocycles. The Morgan fingerprint density at radius 1 is 1.23 bits per heavy atom. The molecule has 2 aromatic rings. The van der Waals surface area contributed by atoms with Gasteiger partial charge in [-0.3, -0.25) is 4.90 Å². The third kappa shape index (κ3) is 2.58. The second kappa shape index (κ2) is 5.73. The van der Waals surface area contributed by atoms with Gasteiger partial charge in [0.2, 0.25) is 5.89 Å². The molecule has 2 aromatic heterocycles. The van der Waals surface area contributed by atoms with E-state index in [9.17, 15) is 0 Å². The molecule has 4 rings (SSSR count). The lowest BCUT2D eigenvalue weighted by molar-refractivity contribution is -0.188. The Hall–Kier alpha value is -1.28. The highest BCUT2D eigenvalue weighted by Crippen LogP contribution is 2.34. The van der Waals surface area contributed by atoms with Crippen molar-refractivity contribution in [1.29, 1.82) is 0 Å². The van der Waals surface area contributed by atoms with E-state index in [1.807, 2.05) is 17.5 Å². The molecule has 2 fully saturated rings. The van der Waals surface area contributed by atoms with Crippen molar-refractivity contribution in [1.82, 2.24) is 15.1 Å². The molecule has 0 amide bonds. The number of rotatable bonds is 3. The molecule has 0 saturated carbocycles. The maximum absolute atomic E-state index is 5.84. The van der Waals surface area contributed by atoms with Crippen molar-refractivity contribution in [3.63, 3.8) is 0 Å². The highest BCUT2D eigenvalue weighted by Gasteiger charge is 2.41. The molecule has 118 valence electrons. The van der Waals surface area contributed by atoms with Crippen molar-refractivity contribution in [2.75, 3.05) is 26.3 Å². The molecule has 0 aliphatic carbocycles. The van der Waals surface area contributed by atoms with E-state index >= 15 is 0 Å². The summed E-state index contributed by atoms with van der Waals surface area (Å²) in [5.74, 6) is 0.938. The van der Waals surface area contributed by atoms with Crippen molar-refractivity contribution in [3.05, 3.63) is 23.4 Å². The lowest BCUT2D eigenvalue weighted by atomic mass is 10.0. The minimum absolute atomic E-state index is 0.111. The van der Waals surface area contributed by atoms with Gasteiger partial charge in [-0.15, -0.1) is 21.5 Å².